The highest BCUT2D eigenvalue weighted by Crippen LogP contribution is 2.27. The van der Waals surface area contributed by atoms with Crippen molar-refractivity contribution in [1.82, 2.24) is 5.32 Å². The van der Waals surface area contributed by atoms with E-state index in [1.165, 1.54) is 5.56 Å². The van der Waals surface area contributed by atoms with Crippen LogP contribution in [0.25, 0.3) is 0 Å². The molecule has 2 atom stereocenters. The molecule has 2 unspecified atom stereocenters. The van der Waals surface area contributed by atoms with Gasteiger partial charge in [-0.05, 0) is 31.5 Å². The summed E-state index contributed by atoms with van der Waals surface area (Å²) in [5.41, 5.74) is 0.948. The standard InChI is InChI=1S/C12H14BrNOS/c1-8-11(16)14-12(2,7-15-8)9-4-3-5-10(13)6-9/h3-6,8H,7H2,1-2H3,(H,14,16). The number of benzene rings is 1. The molecule has 2 nitrogen and oxygen atoms in total. The van der Waals surface area contributed by atoms with Gasteiger partial charge in [0, 0.05) is 4.47 Å². The van der Waals surface area contributed by atoms with Gasteiger partial charge in [-0.2, -0.15) is 0 Å². The Labute approximate surface area is 110 Å². The van der Waals surface area contributed by atoms with Crippen LogP contribution in [0.15, 0.2) is 28.7 Å². The molecule has 1 heterocycles. The van der Waals surface area contributed by atoms with Crippen LogP contribution in [-0.2, 0) is 10.3 Å². The van der Waals surface area contributed by atoms with E-state index in [9.17, 15) is 0 Å². The van der Waals surface area contributed by atoms with Gasteiger partial charge in [-0.15, -0.1) is 0 Å². The molecule has 0 aliphatic carbocycles. The number of halogens is 1. The fourth-order valence-electron chi connectivity index (χ4n) is 1.76. The summed E-state index contributed by atoms with van der Waals surface area (Å²) in [5, 5.41) is 3.37. The average molecular weight is 300 g/mol. The maximum absolute atomic E-state index is 5.68. The van der Waals surface area contributed by atoms with Crippen molar-refractivity contribution in [2.75, 3.05) is 6.61 Å². The van der Waals surface area contributed by atoms with E-state index in [0.29, 0.717) is 6.61 Å². The second-order valence-corrected chi connectivity index (χ2v) is 5.64. The van der Waals surface area contributed by atoms with Crippen LogP contribution in [0.5, 0.6) is 0 Å². The molecule has 16 heavy (non-hydrogen) atoms. The molecule has 1 N–H and O–H groups in total. The lowest BCUT2D eigenvalue weighted by atomic mass is 9.91. The van der Waals surface area contributed by atoms with E-state index in [1.54, 1.807) is 0 Å². The summed E-state index contributed by atoms with van der Waals surface area (Å²) >= 11 is 8.74. The molecule has 0 radical (unpaired) electrons. The van der Waals surface area contributed by atoms with Crippen molar-refractivity contribution < 1.29 is 4.74 Å². The molecule has 0 amide bonds. The van der Waals surface area contributed by atoms with Crippen molar-refractivity contribution in [3.8, 4) is 0 Å². The zero-order chi connectivity index (χ0) is 11.8. The molecular formula is C12H14BrNOS. The first kappa shape index (κ1) is 12.0. The molecule has 0 bridgehead atoms. The van der Waals surface area contributed by atoms with E-state index < -0.39 is 0 Å². The molecule has 86 valence electrons. The first-order valence-corrected chi connectivity index (χ1v) is 6.41. The Morgan fingerprint density at radius 3 is 2.94 bits per heavy atom. The molecule has 1 aromatic carbocycles. The van der Waals surface area contributed by atoms with Crippen molar-refractivity contribution in [1.29, 1.82) is 0 Å². The summed E-state index contributed by atoms with van der Waals surface area (Å²) in [7, 11) is 0. The predicted octanol–water partition coefficient (Wildman–Crippen LogP) is 3.00. The molecule has 0 spiro atoms. The number of morpholine rings is 1. The summed E-state index contributed by atoms with van der Waals surface area (Å²) in [6.45, 7) is 4.70. The minimum atomic E-state index is -0.229. The van der Waals surface area contributed by atoms with Crippen LogP contribution in [-0.4, -0.2) is 17.7 Å². The highest BCUT2D eigenvalue weighted by atomic mass is 79.9. The van der Waals surface area contributed by atoms with E-state index in [-0.39, 0.29) is 11.6 Å². The normalized spacial score (nSPS) is 29.9. The van der Waals surface area contributed by atoms with Crippen LogP contribution in [0, 0.1) is 0 Å². The smallest absolute Gasteiger partial charge is 0.105 e. The first-order valence-electron chi connectivity index (χ1n) is 5.21. The zero-order valence-electron chi connectivity index (χ0n) is 9.29. The molecule has 1 aromatic rings. The van der Waals surface area contributed by atoms with Gasteiger partial charge in [-0.1, -0.05) is 40.3 Å². The van der Waals surface area contributed by atoms with Crippen molar-refractivity contribution in [2.24, 2.45) is 0 Å². The van der Waals surface area contributed by atoms with Crippen LogP contribution >= 0.6 is 28.1 Å². The van der Waals surface area contributed by atoms with Gasteiger partial charge >= 0.3 is 0 Å². The van der Waals surface area contributed by atoms with Gasteiger partial charge in [0.2, 0.25) is 0 Å². The third kappa shape index (κ3) is 2.29. The number of ether oxygens (including phenoxy) is 1. The second-order valence-electron chi connectivity index (χ2n) is 4.28. The molecule has 1 saturated heterocycles. The summed E-state index contributed by atoms with van der Waals surface area (Å²) in [5.74, 6) is 0. The maximum atomic E-state index is 5.68. The Morgan fingerprint density at radius 1 is 1.56 bits per heavy atom. The molecule has 0 aromatic heterocycles. The molecule has 4 heteroatoms. The maximum Gasteiger partial charge on any atom is 0.105 e. The molecular weight excluding hydrogens is 286 g/mol. The van der Waals surface area contributed by atoms with Crippen molar-refractivity contribution in [3.63, 3.8) is 0 Å². The number of hydrogen-bond acceptors (Lipinski definition) is 2. The summed E-state index contributed by atoms with van der Waals surface area (Å²) < 4.78 is 6.75. The number of hydrogen-bond donors (Lipinski definition) is 1. The monoisotopic (exact) mass is 299 g/mol. The summed E-state index contributed by atoms with van der Waals surface area (Å²) in [4.78, 5) is 0.772. The number of thiocarbonyl (C=S) groups is 1. The topological polar surface area (TPSA) is 21.3 Å². The van der Waals surface area contributed by atoms with E-state index in [2.05, 4.69) is 40.3 Å². The van der Waals surface area contributed by atoms with Crippen LogP contribution in [0.3, 0.4) is 0 Å². The molecule has 1 fully saturated rings. The van der Waals surface area contributed by atoms with Gasteiger partial charge < -0.3 is 10.1 Å². The minimum absolute atomic E-state index is 0.00947. The lowest BCUT2D eigenvalue weighted by molar-refractivity contribution is 0.0391. The third-order valence-electron chi connectivity index (χ3n) is 2.85. The highest BCUT2D eigenvalue weighted by Gasteiger charge is 2.34. The van der Waals surface area contributed by atoms with E-state index in [4.69, 9.17) is 17.0 Å². The largest absolute Gasteiger partial charge is 0.369 e. The molecule has 1 aliphatic rings. The van der Waals surface area contributed by atoms with Crippen LogP contribution < -0.4 is 5.32 Å². The van der Waals surface area contributed by atoms with E-state index in [0.717, 1.165) is 9.46 Å². The fourth-order valence-corrected chi connectivity index (χ4v) is 2.46. The summed E-state index contributed by atoms with van der Waals surface area (Å²) in [6, 6.07) is 8.21. The van der Waals surface area contributed by atoms with Gasteiger partial charge in [0.15, 0.2) is 0 Å². The SMILES string of the molecule is CC1OCC(C)(c2cccc(Br)c2)NC1=S. The Hall–Kier alpha value is -0.450. The van der Waals surface area contributed by atoms with Crippen LogP contribution in [0.1, 0.15) is 19.4 Å². The predicted molar refractivity (Wildman–Crippen MR) is 72.6 cm³/mol. The number of nitrogens with one attached hydrogen (secondary N) is 1. The molecule has 2 rings (SSSR count). The lowest BCUT2D eigenvalue weighted by Crippen LogP contribution is -2.55. The van der Waals surface area contributed by atoms with Gasteiger partial charge in [-0.3, -0.25) is 0 Å². The highest BCUT2D eigenvalue weighted by molar-refractivity contribution is 9.10. The Bertz CT molecular complexity index is 423. The quantitative estimate of drug-likeness (QED) is 0.806. The minimum Gasteiger partial charge on any atom is -0.369 e. The summed E-state index contributed by atoms with van der Waals surface area (Å²) in [6.07, 6.45) is 0.00947. The van der Waals surface area contributed by atoms with E-state index in [1.807, 2.05) is 19.1 Å². The number of rotatable bonds is 1. The van der Waals surface area contributed by atoms with Crippen molar-refractivity contribution in [3.05, 3.63) is 34.3 Å². The van der Waals surface area contributed by atoms with Crippen LogP contribution in [0.4, 0.5) is 0 Å². The van der Waals surface area contributed by atoms with Crippen molar-refractivity contribution >= 4 is 33.1 Å². The Morgan fingerprint density at radius 2 is 2.31 bits per heavy atom. The van der Waals surface area contributed by atoms with Gasteiger partial charge in [0.25, 0.3) is 0 Å². The van der Waals surface area contributed by atoms with E-state index >= 15 is 0 Å². The molecule has 0 saturated carbocycles. The first-order chi connectivity index (χ1) is 7.51. The van der Waals surface area contributed by atoms with Crippen molar-refractivity contribution in [2.45, 2.75) is 25.5 Å². The third-order valence-corrected chi connectivity index (χ3v) is 3.78. The Kier molecular flexibility index (Phi) is 3.33. The zero-order valence-corrected chi connectivity index (χ0v) is 11.7. The van der Waals surface area contributed by atoms with Crippen LogP contribution in [0.2, 0.25) is 0 Å². The van der Waals surface area contributed by atoms with Gasteiger partial charge in [-0.25, -0.2) is 0 Å². The Balaban J connectivity index is 2.29. The lowest BCUT2D eigenvalue weighted by Gasteiger charge is -2.39. The average Bonchev–Trinajstić information content (AvgIpc) is 2.24. The second kappa shape index (κ2) is 4.43. The van der Waals surface area contributed by atoms with Gasteiger partial charge in [0.05, 0.1) is 12.1 Å². The fraction of sp³-hybridized carbons (Fsp3) is 0.417. The molecule has 1 aliphatic heterocycles. The van der Waals surface area contributed by atoms with Gasteiger partial charge in [0.1, 0.15) is 11.1 Å².